The highest BCUT2D eigenvalue weighted by Crippen LogP contribution is 2.63. The summed E-state index contributed by atoms with van der Waals surface area (Å²) in [6.45, 7) is 10.1. The second kappa shape index (κ2) is 6.10. The third-order valence-corrected chi connectivity index (χ3v) is 6.43. The van der Waals surface area contributed by atoms with Crippen LogP contribution in [0.1, 0.15) is 52.9 Å². The Balaban J connectivity index is 1.84. The molecular formula is C20H30O4. The van der Waals surface area contributed by atoms with Crippen molar-refractivity contribution in [2.75, 3.05) is 6.61 Å². The molecule has 0 aromatic heterocycles. The Morgan fingerprint density at radius 1 is 1.25 bits per heavy atom. The van der Waals surface area contributed by atoms with Gasteiger partial charge in [-0.05, 0) is 69.9 Å². The van der Waals surface area contributed by atoms with E-state index in [2.05, 4.69) is 26.5 Å². The minimum absolute atomic E-state index is 0.191. The van der Waals surface area contributed by atoms with Crippen molar-refractivity contribution in [3.05, 3.63) is 36.0 Å². The molecule has 2 N–H and O–H groups in total. The van der Waals surface area contributed by atoms with Crippen LogP contribution < -0.4 is 0 Å². The lowest BCUT2D eigenvalue weighted by molar-refractivity contribution is -0.480. The first-order valence-corrected chi connectivity index (χ1v) is 8.97. The summed E-state index contributed by atoms with van der Waals surface area (Å²) in [5, 5.41) is 20.5. The molecule has 24 heavy (non-hydrogen) atoms. The summed E-state index contributed by atoms with van der Waals surface area (Å²) in [5.74, 6) is -0.723. The average Bonchev–Trinajstić information content (AvgIpc) is 2.59. The van der Waals surface area contributed by atoms with Gasteiger partial charge in [-0.25, -0.2) is 4.89 Å². The highest BCUT2D eigenvalue weighted by Gasteiger charge is 2.63. The van der Waals surface area contributed by atoms with Crippen LogP contribution in [-0.2, 0) is 9.78 Å². The number of allylic oxidation sites excluding steroid dienone is 3. The van der Waals surface area contributed by atoms with Gasteiger partial charge in [-0.15, -0.1) is 0 Å². The zero-order valence-corrected chi connectivity index (χ0v) is 15.0. The molecule has 0 aromatic rings. The highest BCUT2D eigenvalue weighted by atomic mass is 17.2. The Hall–Kier alpha value is -0.940. The van der Waals surface area contributed by atoms with Crippen molar-refractivity contribution in [1.82, 2.24) is 0 Å². The fourth-order valence-electron chi connectivity index (χ4n) is 4.44. The van der Waals surface area contributed by atoms with E-state index < -0.39 is 16.8 Å². The predicted octanol–water partition coefficient (Wildman–Crippen LogP) is 3.66. The smallest absolute Gasteiger partial charge is 0.224 e. The number of hydrogen-bond donors (Lipinski definition) is 2. The maximum Gasteiger partial charge on any atom is 0.224 e. The molecule has 5 atom stereocenters. The topological polar surface area (TPSA) is 58.9 Å². The molecule has 0 spiro atoms. The monoisotopic (exact) mass is 334 g/mol. The molecule has 0 radical (unpaired) electrons. The zero-order chi connectivity index (χ0) is 17.6. The van der Waals surface area contributed by atoms with E-state index in [9.17, 15) is 10.2 Å². The van der Waals surface area contributed by atoms with Crippen LogP contribution in [-0.4, -0.2) is 28.2 Å². The van der Waals surface area contributed by atoms with Crippen molar-refractivity contribution in [1.29, 1.82) is 0 Å². The summed E-state index contributed by atoms with van der Waals surface area (Å²) in [6.07, 6.45) is 10.7. The second-order valence-electron chi connectivity index (χ2n) is 8.29. The number of rotatable bonds is 2. The van der Waals surface area contributed by atoms with Crippen molar-refractivity contribution < 1.29 is 20.0 Å². The second-order valence-corrected chi connectivity index (χ2v) is 8.29. The molecule has 0 aromatic carbocycles. The van der Waals surface area contributed by atoms with Gasteiger partial charge in [-0.3, -0.25) is 0 Å². The van der Waals surface area contributed by atoms with E-state index >= 15 is 0 Å². The van der Waals surface area contributed by atoms with Crippen LogP contribution in [0.15, 0.2) is 36.0 Å². The standard InChI is InChI=1S/C20H30O4/c1-14-6-5-7-15(2)16-12-19(4,17(16)9-8-14)20(22)11-10-18(3,13-21)23-24-20/h6,10-11,16-17,21-22H,2,5,7-9,12-13H2,1,3-4H3. The third-order valence-electron chi connectivity index (χ3n) is 6.43. The van der Waals surface area contributed by atoms with Gasteiger partial charge in [0, 0.05) is 5.41 Å². The Labute approximate surface area is 144 Å². The SMILES string of the molecule is C=C1CCC=C(C)CCC2C1CC2(C)C1(O)C=CC(C)(CO)OO1. The lowest BCUT2D eigenvalue weighted by Gasteiger charge is -2.60. The number of hydrogen-bond acceptors (Lipinski definition) is 4. The fourth-order valence-corrected chi connectivity index (χ4v) is 4.44. The molecule has 5 unspecified atom stereocenters. The summed E-state index contributed by atoms with van der Waals surface area (Å²) >= 11 is 0. The molecule has 4 nitrogen and oxygen atoms in total. The summed E-state index contributed by atoms with van der Waals surface area (Å²) in [5.41, 5.74) is 1.38. The predicted molar refractivity (Wildman–Crippen MR) is 92.8 cm³/mol. The molecule has 2 aliphatic carbocycles. The molecule has 0 saturated heterocycles. The van der Waals surface area contributed by atoms with Gasteiger partial charge in [-0.1, -0.05) is 30.7 Å². The van der Waals surface area contributed by atoms with Crippen LogP contribution >= 0.6 is 0 Å². The van der Waals surface area contributed by atoms with Crippen LogP contribution in [0.2, 0.25) is 0 Å². The first-order valence-electron chi connectivity index (χ1n) is 8.97. The fraction of sp³-hybridized carbons (Fsp3) is 0.700. The summed E-state index contributed by atoms with van der Waals surface area (Å²) in [7, 11) is 0. The summed E-state index contributed by atoms with van der Waals surface area (Å²) in [6, 6.07) is 0. The molecule has 1 aliphatic heterocycles. The van der Waals surface area contributed by atoms with Crippen molar-refractivity contribution in [3.63, 3.8) is 0 Å². The van der Waals surface area contributed by atoms with Gasteiger partial charge in [0.2, 0.25) is 5.79 Å². The molecule has 0 bridgehead atoms. The van der Waals surface area contributed by atoms with E-state index in [0.717, 1.165) is 32.1 Å². The van der Waals surface area contributed by atoms with Crippen LogP contribution in [0, 0.1) is 17.3 Å². The van der Waals surface area contributed by atoms with Gasteiger partial charge in [0.1, 0.15) is 5.60 Å². The molecule has 3 rings (SSSR count). The van der Waals surface area contributed by atoms with Gasteiger partial charge in [0.25, 0.3) is 0 Å². The highest BCUT2D eigenvalue weighted by molar-refractivity contribution is 5.23. The normalized spacial score (nSPS) is 46.2. The van der Waals surface area contributed by atoms with Crippen LogP contribution in [0.3, 0.4) is 0 Å². The van der Waals surface area contributed by atoms with Crippen LogP contribution in [0.25, 0.3) is 0 Å². The lowest BCUT2D eigenvalue weighted by Crippen LogP contribution is -2.63. The molecule has 3 aliphatic rings. The molecule has 1 heterocycles. The number of fused-ring (bicyclic) bond motifs is 1. The Morgan fingerprint density at radius 3 is 2.62 bits per heavy atom. The van der Waals surface area contributed by atoms with Crippen molar-refractivity contribution in [3.8, 4) is 0 Å². The van der Waals surface area contributed by atoms with E-state index in [1.54, 1.807) is 19.1 Å². The molecule has 134 valence electrons. The maximum atomic E-state index is 11.1. The van der Waals surface area contributed by atoms with Crippen molar-refractivity contribution in [2.45, 2.75) is 64.3 Å². The molecule has 1 saturated carbocycles. The number of aliphatic hydroxyl groups is 2. The quantitative estimate of drug-likeness (QED) is 0.598. The lowest BCUT2D eigenvalue weighted by atomic mass is 9.48. The Morgan fingerprint density at radius 2 is 2.00 bits per heavy atom. The van der Waals surface area contributed by atoms with Crippen molar-refractivity contribution >= 4 is 0 Å². The summed E-state index contributed by atoms with van der Waals surface area (Å²) in [4.78, 5) is 10.8. The largest absolute Gasteiger partial charge is 0.393 e. The molecule has 4 heteroatoms. The third kappa shape index (κ3) is 2.80. The van der Waals surface area contributed by atoms with E-state index in [4.69, 9.17) is 9.78 Å². The van der Waals surface area contributed by atoms with Gasteiger partial charge < -0.3 is 10.2 Å². The minimum atomic E-state index is -1.46. The van der Waals surface area contributed by atoms with E-state index in [0.29, 0.717) is 11.8 Å². The zero-order valence-electron chi connectivity index (χ0n) is 15.0. The van der Waals surface area contributed by atoms with E-state index in [1.165, 1.54) is 11.1 Å². The van der Waals surface area contributed by atoms with E-state index in [-0.39, 0.29) is 6.61 Å². The number of aliphatic hydroxyl groups excluding tert-OH is 1. The van der Waals surface area contributed by atoms with Gasteiger partial charge >= 0.3 is 0 Å². The first kappa shape index (κ1) is 17.9. The summed E-state index contributed by atoms with van der Waals surface area (Å²) < 4.78 is 0. The average molecular weight is 334 g/mol. The molecule has 1 fully saturated rings. The van der Waals surface area contributed by atoms with Crippen molar-refractivity contribution in [2.24, 2.45) is 17.3 Å². The van der Waals surface area contributed by atoms with Crippen LogP contribution in [0.5, 0.6) is 0 Å². The van der Waals surface area contributed by atoms with E-state index in [1.807, 2.05) is 0 Å². The Kier molecular flexibility index (Phi) is 4.54. The maximum absolute atomic E-state index is 11.1. The molecular weight excluding hydrogens is 304 g/mol. The van der Waals surface area contributed by atoms with Crippen LogP contribution in [0.4, 0.5) is 0 Å². The first-order chi connectivity index (χ1) is 11.2. The molecule has 0 amide bonds. The Bertz CT molecular complexity index is 580. The van der Waals surface area contributed by atoms with Gasteiger partial charge in [-0.2, -0.15) is 4.89 Å². The van der Waals surface area contributed by atoms with Gasteiger partial charge in [0.05, 0.1) is 6.61 Å². The minimum Gasteiger partial charge on any atom is -0.393 e. The van der Waals surface area contributed by atoms with Gasteiger partial charge in [0.15, 0.2) is 0 Å².